The van der Waals surface area contributed by atoms with E-state index in [4.69, 9.17) is 20.9 Å². The molecule has 5 heteroatoms. The van der Waals surface area contributed by atoms with Crippen molar-refractivity contribution in [2.45, 2.75) is 19.4 Å². The third-order valence-electron chi connectivity index (χ3n) is 3.28. The lowest BCUT2D eigenvalue weighted by molar-refractivity contribution is 0.171. The minimum Gasteiger partial charge on any atom is -0.486 e. The summed E-state index contributed by atoms with van der Waals surface area (Å²) in [6.07, 6.45) is 0.944. The molecule has 1 aromatic rings. The van der Waals surface area contributed by atoms with E-state index < -0.39 is 0 Å². The van der Waals surface area contributed by atoms with Crippen LogP contribution in [0.5, 0.6) is 11.5 Å². The molecule has 0 radical (unpaired) electrons. The first kappa shape index (κ1) is 14.1. The van der Waals surface area contributed by atoms with Crippen molar-refractivity contribution >= 4 is 0 Å². The minimum atomic E-state index is 0.0290. The number of hydrogen-bond donors (Lipinski definition) is 3. The second-order valence-corrected chi connectivity index (χ2v) is 4.87. The zero-order chi connectivity index (χ0) is 13.7. The lowest BCUT2D eigenvalue weighted by atomic mass is 10.0. The molecule has 0 saturated heterocycles. The van der Waals surface area contributed by atoms with Gasteiger partial charge in [0, 0.05) is 19.1 Å². The summed E-state index contributed by atoms with van der Waals surface area (Å²) in [5.41, 5.74) is 13.7. The largest absolute Gasteiger partial charge is 0.486 e. The van der Waals surface area contributed by atoms with Crippen LogP contribution in [0.1, 0.15) is 11.1 Å². The monoisotopic (exact) mass is 265 g/mol. The van der Waals surface area contributed by atoms with Crippen LogP contribution in [0, 0.1) is 6.92 Å². The van der Waals surface area contributed by atoms with Gasteiger partial charge in [-0.25, -0.2) is 0 Å². The molecule has 0 fully saturated rings. The molecule has 0 spiro atoms. The standard InChI is InChI=1S/C14H23N3O2/c1-10-6-13-14(19-5-4-18-13)7-11(10)2-3-17-9-12(16)8-15/h6-7,12,17H,2-5,8-9,15-16H2,1H3. The highest BCUT2D eigenvalue weighted by Crippen LogP contribution is 2.33. The van der Waals surface area contributed by atoms with E-state index in [1.165, 1.54) is 11.1 Å². The van der Waals surface area contributed by atoms with Gasteiger partial charge in [0.25, 0.3) is 0 Å². The Balaban J connectivity index is 1.89. The van der Waals surface area contributed by atoms with E-state index in [0.717, 1.165) is 31.0 Å². The molecule has 0 aromatic heterocycles. The second kappa shape index (κ2) is 6.75. The molecule has 1 atom stereocenters. The van der Waals surface area contributed by atoms with Crippen LogP contribution in [0.25, 0.3) is 0 Å². The average Bonchev–Trinajstić information content (AvgIpc) is 2.43. The Morgan fingerprint density at radius 2 is 1.95 bits per heavy atom. The lowest BCUT2D eigenvalue weighted by Crippen LogP contribution is -2.40. The summed E-state index contributed by atoms with van der Waals surface area (Å²) in [7, 11) is 0. The summed E-state index contributed by atoms with van der Waals surface area (Å²) in [4.78, 5) is 0. The molecule has 0 bridgehead atoms. The third-order valence-corrected chi connectivity index (χ3v) is 3.28. The van der Waals surface area contributed by atoms with Gasteiger partial charge >= 0.3 is 0 Å². The molecule has 19 heavy (non-hydrogen) atoms. The van der Waals surface area contributed by atoms with Crippen LogP contribution in [0.2, 0.25) is 0 Å². The number of hydrogen-bond acceptors (Lipinski definition) is 5. The number of nitrogens with one attached hydrogen (secondary N) is 1. The lowest BCUT2D eigenvalue weighted by Gasteiger charge is -2.20. The van der Waals surface area contributed by atoms with Gasteiger partial charge in [-0.3, -0.25) is 0 Å². The summed E-state index contributed by atoms with van der Waals surface area (Å²) in [5, 5.41) is 3.31. The molecule has 1 unspecified atom stereocenters. The Morgan fingerprint density at radius 1 is 1.26 bits per heavy atom. The van der Waals surface area contributed by atoms with Crippen molar-refractivity contribution in [1.82, 2.24) is 5.32 Å². The van der Waals surface area contributed by atoms with Crippen LogP contribution >= 0.6 is 0 Å². The summed E-state index contributed by atoms with van der Waals surface area (Å²) < 4.78 is 11.2. The Kier molecular flexibility index (Phi) is 5.01. The highest BCUT2D eigenvalue weighted by Gasteiger charge is 2.13. The van der Waals surface area contributed by atoms with E-state index in [2.05, 4.69) is 24.4 Å². The van der Waals surface area contributed by atoms with Crippen molar-refractivity contribution < 1.29 is 9.47 Å². The first-order valence-electron chi connectivity index (χ1n) is 6.76. The van der Waals surface area contributed by atoms with E-state index in [1.807, 2.05) is 0 Å². The first-order chi connectivity index (χ1) is 9.20. The molecular weight excluding hydrogens is 242 g/mol. The first-order valence-corrected chi connectivity index (χ1v) is 6.76. The third kappa shape index (κ3) is 3.83. The topological polar surface area (TPSA) is 82.5 Å². The van der Waals surface area contributed by atoms with E-state index in [0.29, 0.717) is 19.8 Å². The normalized spacial score (nSPS) is 15.3. The van der Waals surface area contributed by atoms with Crippen LogP contribution in [-0.2, 0) is 6.42 Å². The maximum atomic E-state index is 5.75. The summed E-state index contributed by atoms with van der Waals surface area (Å²) in [5.74, 6) is 1.70. The highest BCUT2D eigenvalue weighted by molar-refractivity contribution is 5.47. The van der Waals surface area contributed by atoms with E-state index in [1.54, 1.807) is 0 Å². The van der Waals surface area contributed by atoms with E-state index in [-0.39, 0.29) is 6.04 Å². The van der Waals surface area contributed by atoms with Crippen LogP contribution in [0.4, 0.5) is 0 Å². The Bertz CT molecular complexity index is 423. The second-order valence-electron chi connectivity index (χ2n) is 4.87. The Hall–Kier alpha value is -1.30. The van der Waals surface area contributed by atoms with Gasteiger partial charge in [0.05, 0.1) is 0 Å². The number of fused-ring (bicyclic) bond motifs is 1. The van der Waals surface area contributed by atoms with E-state index in [9.17, 15) is 0 Å². The van der Waals surface area contributed by atoms with Crippen LogP contribution in [0.15, 0.2) is 12.1 Å². The molecule has 106 valence electrons. The Morgan fingerprint density at radius 3 is 2.63 bits per heavy atom. The molecule has 1 aliphatic heterocycles. The van der Waals surface area contributed by atoms with Crippen molar-refractivity contribution in [3.05, 3.63) is 23.3 Å². The molecule has 1 aliphatic rings. The van der Waals surface area contributed by atoms with Crippen molar-refractivity contribution in [1.29, 1.82) is 0 Å². The molecule has 0 amide bonds. The fourth-order valence-electron chi connectivity index (χ4n) is 2.10. The number of nitrogens with two attached hydrogens (primary N) is 2. The quantitative estimate of drug-likeness (QED) is 0.639. The van der Waals surface area contributed by atoms with Gasteiger partial charge in [-0.2, -0.15) is 0 Å². The summed E-state index contributed by atoms with van der Waals surface area (Å²) in [6.45, 7) is 5.49. The predicted molar refractivity (Wildman–Crippen MR) is 75.8 cm³/mol. The van der Waals surface area contributed by atoms with Gasteiger partial charge in [-0.1, -0.05) is 0 Å². The highest BCUT2D eigenvalue weighted by atomic mass is 16.6. The average molecular weight is 265 g/mol. The molecule has 5 N–H and O–H groups in total. The summed E-state index contributed by atoms with van der Waals surface area (Å²) in [6, 6.07) is 4.16. The van der Waals surface area contributed by atoms with Crippen LogP contribution in [-0.4, -0.2) is 38.9 Å². The number of aryl methyl sites for hydroxylation is 1. The van der Waals surface area contributed by atoms with Gasteiger partial charge in [0.1, 0.15) is 13.2 Å². The molecule has 2 rings (SSSR count). The van der Waals surface area contributed by atoms with Gasteiger partial charge in [-0.05, 0) is 43.1 Å². The zero-order valence-corrected chi connectivity index (χ0v) is 11.4. The van der Waals surface area contributed by atoms with Crippen molar-refractivity contribution in [2.75, 3.05) is 32.8 Å². The SMILES string of the molecule is Cc1cc2c(cc1CCNCC(N)CN)OCCO2. The fraction of sp³-hybridized carbons (Fsp3) is 0.571. The molecule has 5 nitrogen and oxygen atoms in total. The summed E-state index contributed by atoms with van der Waals surface area (Å²) >= 11 is 0. The van der Waals surface area contributed by atoms with Gasteiger partial charge in [0.2, 0.25) is 0 Å². The number of rotatable bonds is 6. The molecular formula is C14H23N3O2. The van der Waals surface area contributed by atoms with Gasteiger partial charge in [-0.15, -0.1) is 0 Å². The molecule has 1 heterocycles. The van der Waals surface area contributed by atoms with Gasteiger partial charge < -0.3 is 26.3 Å². The maximum absolute atomic E-state index is 5.75. The predicted octanol–water partition coefficient (Wildman–Crippen LogP) is 0.184. The number of benzene rings is 1. The van der Waals surface area contributed by atoms with Gasteiger partial charge in [0.15, 0.2) is 11.5 Å². The van der Waals surface area contributed by atoms with E-state index >= 15 is 0 Å². The van der Waals surface area contributed by atoms with Crippen molar-refractivity contribution in [2.24, 2.45) is 11.5 Å². The van der Waals surface area contributed by atoms with Crippen LogP contribution < -0.4 is 26.3 Å². The molecule has 0 aliphatic carbocycles. The smallest absolute Gasteiger partial charge is 0.161 e. The van der Waals surface area contributed by atoms with Crippen molar-refractivity contribution in [3.63, 3.8) is 0 Å². The molecule has 1 aromatic carbocycles. The number of ether oxygens (including phenoxy) is 2. The van der Waals surface area contributed by atoms with Crippen LogP contribution in [0.3, 0.4) is 0 Å². The van der Waals surface area contributed by atoms with Crippen molar-refractivity contribution in [3.8, 4) is 11.5 Å². The molecule has 0 saturated carbocycles. The maximum Gasteiger partial charge on any atom is 0.161 e. The fourth-order valence-corrected chi connectivity index (χ4v) is 2.10. The zero-order valence-electron chi connectivity index (χ0n) is 11.4. The Labute approximate surface area is 114 Å². The minimum absolute atomic E-state index is 0.0290.